The van der Waals surface area contributed by atoms with Gasteiger partial charge in [0, 0.05) is 30.4 Å². The summed E-state index contributed by atoms with van der Waals surface area (Å²) in [5.41, 5.74) is 11.5. The van der Waals surface area contributed by atoms with Gasteiger partial charge in [-0.15, -0.1) is 11.8 Å². The van der Waals surface area contributed by atoms with Crippen molar-refractivity contribution in [3.63, 3.8) is 0 Å². The third-order valence-electron chi connectivity index (χ3n) is 8.38. The van der Waals surface area contributed by atoms with Crippen LogP contribution in [-0.4, -0.2) is 88.6 Å². The SMILES string of the molecule is CCCC/C=C\CCCCCCCC(=O)OC[C@H](COP(=O)(O)OCCN)OC(=O)[C@@H](N)CS[C@H](/C=C/C=C/C=C\C/C=C\CCCCC)[C@@H](O)CCCC(=O)O. The Kier molecular flexibility index (Phi) is 36.0. The molecule has 0 aromatic rings. The summed E-state index contributed by atoms with van der Waals surface area (Å²) in [6.07, 6.45) is 33.1. The van der Waals surface area contributed by atoms with E-state index in [0.717, 1.165) is 51.4 Å². The number of thioether (sulfide) groups is 1. The Bertz CT molecular complexity index is 1240. The number of phosphoric acid groups is 1. The van der Waals surface area contributed by atoms with E-state index in [0.29, 0.717) is 6.42 Å². The predicted octanol–water partition coefficient (Wildman–Crippen LogP) is 8.25. The molecule has 13 nitrogen and oxygen atoms in total. The number of aliphatic carboxylic acids is 1. The van der Waals surface area contributed by atoms with Crippen molar-refractivity contribution < 1.29 is 52.6 Å². The number of carbonyl (C=O) groups is 3. The van der Waals surface area contributed by atoms with E-state index in [9.17, 15) is 28.9 Å². The lowest BCUT2D eigenvalue weighted by Gasteiger charge is -2.23. The number of carboxylic acid groups (broad SMARTS) is 1. The number of esters is 2. The van der Waals surface area contributed by atoms with E-state index >= 15 is 0 Å². The zero-order valence-corrected chi connectivity index (χ0v) is 36.2. The van der Waals surface area contributed by atoms with Crippen LogP contribution in [0.15, 0.2) is 60.8 Å². The van der Waals surface area contributed by atoms with Gasteiger partial charge < -0.3 is 36.0 Å². The minimum Gasteiger partial charge on any atom is -0.481 e. The van der Waals surface area contributed by atoms with Crippen LogP contribution in [0.1, 0.15) is 129 Å². The number of phosphoric ester groups is 1. The molecule has 0 fully saturated rings. The lowest BCUT2D eigenvalue weighted by atomic mass is 10.1. The molecule has 0 saturated carbocycles. The molecular formula is C42H73N2O11PS. The Labute approximate surface area is 346 Å². The first-order valence-corrected chi connectivity index (χ1v) is 23.2. The van der Waals surface area contributed by atoms with Gasteiger partial charge >= 0.3 is 25.7 Å². The van der Waals surface area contributed by atoms with Crippen LogP contribution in [0.4, 0.5) is 0 Å². The van der Waals surface area contributed by atoms with Crippen LogP contribution in [0.2, 0.25) is 0 Å². The number of hydrogen-bond donors (Lipinski definition) is 5. The van der Waals surface area contributed by atoms with Gasteiger partial charge in [0.05, 0.1) is 19.3 Å². The van der Waals surface area contributed by atoms with Gasteiger partial charge in [-0.1, -0.05) is 120 Å². The summed E-state index contributed by atoms with van der Waals surface area (Å²) in [7, 11) is -4.54. The van der Waals surface area contributed by atoms with E-state index in [4.69, 9.17) is 35.1 Å². The van der Waals surface area contributed by atoms with Crippen LogP contribution < -0.4 is 11.5 Å². The molecule has 5 atom stereocenters. The molecule has 0 aromatic heterocycles. The van der Waals surface area contributed by atoms with Crippen molar-refractivity contribution in [1.82, 2.24) is 0 Å². The maximum absolute atomic E-state index is 13.1. The van der Waals surface area contributed by atoms with Gasteiger partial charge in [0.2, 0.25) is 0 Å². The van der Waals surface area contributed by atoms with E-state index in [-0.39, 0.29) is 44.6 Å². The first-order chi connectivity index (χ1) is 27.4. The Morgan fingerprint density at radius 2 is 1.42 bits per heavy atom. The zero-order valence-electron chi connectivity index (χ0n) is 34.5. The summed E-state index contributed by atoms with van der Waals surface area (Å²) in [5.74, 6) is -2.34. The van der Waals surface area contributed by atoms with E-state index in [2.05, 4.69) is 38.2 Å². The number of nitrogens with two attached hydrogens (primary N) is 2. The maximum atomic E-state index is 13.1. The van der Waals surface area contributed by atoms with Crippen molar-refractivity contribution in [3.05, 3.63) is 60.8 Å². The molecule has 7 N–H and O–H groups in total. The summed E-state index contributed by atoms with van der Waals surface area (Å²) in [5, 5.41) is 19.4. The molecule has 0 aromatic carbocycles. The molecule has 0 spiro atoms. The average Bonchev–Trinajstić information content (AvgIpc) is 3.18. The molecule has 0 aliphatic heterocycles. The van der Waals surface area contributed by atoms with Gasteiger partial charge in [-0.2, -0.15) is 0 Å². The highest BCUT2D eigenvalue weighted by molar-refractivity contribution is 8.00. The van der Waals surface area contributed by atoms with Crippen molar-refractivity contribution in [1.29, 1.82) is 0 Å². The number of unbranched alkanes of at least 4 members (excludes halogenated alkanes) is 10. The van der Waals surface area contributed by atoms with Crippen molar-refractivity contribution in [2.75, 3.05) is 32.1 Å². The van der Waals surface area contributed by atoms with Crippen LogP contribution in [0, 0.1) is 0 Å². The first kappa shape index (κ1) is 54.5. The quantitative estimate of drug-likeness (QED) is 0.0130. The molecule has 0 aliphatic carbocycles. The summed E-state index contributed by atoms with van der Waals surface area (Å²) in [4.78, 5) is 46.5. The van der Waals surface area contributed by atoms with Crippen LogP contribution >= 0.6 is 19.6 Å². The number of carboxylic acids is 1. The van der Waals surface area contributed by atoms with E-state index in [1.165, 1.54) is 43.9 Å². The predicted molar refractivity (Wildman–Crippen MR) is 230 cm³/mol. The largest absolute Gasteiger partial charge is 0.481 e. The molecule has 57 heavy (non-hydrogen) atoms. The van der Waals surface area contributed by atoms with Gasteiger partial charge in [0.15, 0.2) is 6.10 Å². The van der Waals surface area contributed by atoms with Crippen LogP contribution in [0.5, 0.6) is 0 Å². The number of ether oxygens (including phenoxy) is 2. The monoisotopic (exact) mass is 844 g/mol. The number of aliphatic hydroxyl groups excluding tert-OH is 1. The summed E-state index contributed by atoms with van der Waals surface area (Å²) in [6.45, 7) is 3.03. The van der Waals surface area contributed by atoms with E-state index < -0.39 is 62.4 Å². The summed E-state index contributed by atoms with van der Waals surface area (Å²) < 4.78 is 32.8. The first-order valence-electron chi connectivity index (χ1n) is 20.7. The molecule has 0 bridgehead atoms. The fourth-order valence-corrected chi connectivity index (χ4v) is 6.99. The number of carbonyl (C=O) groups excluding carboxylic acids is 2. The minimum absolute atomic E-state index is 0.0126. The zero-order chi connectivity index (χ0) is 42.4. The average molecular weight is 845 g/mol. The Morgan fingerprint density at radius 1 is 0.772 bits per heavy atom. The van der Waals surface area contributed by atoms with Gasteiger partial charge in [-0.05, 0) is 57.8 Å². The Hall–Kier alpha value is -2.55. The van der Waals surface area contributed by atoms with Gasteiger partial charge in [0.25, 0.3) is 0 Å². The summed E-state index contributed by atoms with van der Waals surface area (Å²) >= 11 is 1.19. The summed E-state index contributed by atoms with van der Waals surface area (Å²) in [6, 6.07) is -1.19. The second kappa shape index (κ2) is 37.7. The van der Waals surface area contributed by atoms with Crippen LogP contribution in [0.25, 0.3) is 0 Å². The Balaban J connectivity index is 5.23. The van der Waals surface area contributed by atoms with Gasteiger partial charge in [-0.25, -0.2) is 4.57 Å². The van der Waals surface area contributed by atoms with Gasteiger partial charge in [-0.3, -0.25) is 23.4 Å². The molecule has 15 heteroatoms. The smallest absolute Gasteiger partial charge is 0.472 e. The third-order valence-corrected chi connectivity index (χ3v) is 10.8. The lowest BCUT2D eigenvalue weighted by molar-refractivity contribution is -0.161. The Morgan fingerprint density at radius 3 is 2.12 bits per heavy atom. The third kappa shape index (κ3) is 35.1. The molecule has 0 heterocycles. The second-order valence-corrected chi connectivity index (χ2v) is 16.4. The van der Waals surface area contributed by atoms with E-state index in [1.807, 2.05) is 24.3 Å². The molecular weight excluding hydrogens is 772 g/mol. The van der Waals surface area contributed by atoms with Crippen molar-refractivity contribution >= 4 is 37.5 Å². The fourth-order valence-electron chi connectivity index (χ4n) is 5.10. The number of hydrogen-bond acceptors (Lipinski definition) is 12. The molecule has 0 amide bonds. The molecule has 0 aliphatic rings. The minimum atomic E-state index is -4.54. The molecule has 0 radical (unpaired) electrons. The van der Waals surface area contributed by atoms with E-state index in [1.54, 1.807) is 12.2 Å². The number of aliphatic hydroxyl groups is 1. The number of allylic oxidation sites excluding steroid dienone is 9. The highest BCUT2D eigenvalue weighted by Gasteiger charge is 2.28. The molecule has 328 valence electrons. The lowest BCUT2D eigenvalue weighted by Crippen LogP contribution is -2.40. The second-order valence-electron chi connectivity index (χ2n) is 13.7. The van der Waals surface area contributed by atoms with Crippen LogP contribution in [0.3, 0.4) is 0 Å². The topological polar surface area (TPSA) is 218 Å². The van der Waals surface area contributed by atoms with Crippen LogP contribution in [-0.2, 0) is 37.5 Å². The molecule has 1 unspecified atom stereocenters. The van der Waals surface area contributed by atoms with Crippen molar-refractivity contribution in [2.24, 2.45) is 11.5 Å². The molecule has 0 rings (SSSR count). The number of rotatable bonds is 38. The highest BCUT2D eigenvalue weighted by Crippen LogP contribution is 2.43. The standard InChI is InChI=1S/C42H73N2O11PS/c1-3-5-7-9-11-13-15-17-18-20-22-24-28-39(38(45)27-26-29-40(46)47)57-35-37(44)42(49)55-36(34-54-56(50,51)53-32-31-43)33-52-41(48)30-25-23-21-19-16-14-12-10-8-6-4-2/h10-13,17-18,20,22,24,28,36-39,45H,3-9,14-16,19,21,23,25-27,29-35,43-44H2,1-2H3,(H,46,47)(H,50,51)/b12-10-,13-11-,18-17-,22-20+,28-24+/t36-,37+,38+,39-/m1/s1. The normalized spacial score (nSPS) is 15.5. The maximum Gasteiger partial charge on any atom is 0.472 e. The molecule has 0 saturated heterocycles. The van der Waals surface area contributed by atoms with Gasteiger partial charge in [0.1, 0.15) is 12.6 Å². The fraction of sp³-hybridized carbons (Fsp3) is 0.690. The van der Waals surface area contributed by atoms with Crippen molar-refractivity contribution in [3.8, 4) is 0 Å². The highest BCUT2D eigenvalue weighted by atomic mass is 32.2. The van der Waals surface area contributed by atoms with Crippen molar-refractivity contribution in [2.45, 2.75) is 153 Å².